The number of hydrogen-bond acceptors (Lipinski definition) is 3. The number of rotatable bonds is 7. The van der Waals surface area contributed by atoms with Crippen molar-refractivity contribution in [2.45, 2.75) is 30.8 Å². The van der Waals surface area contributed by atoms with Gasteiger partial charge in [0.05, 0.1) is 6.10 Å². The van der Waals surface area contributed by atoms with E-state index in [1.54, 1.807) is 25.1 Å². The summed E-state index contributed by atoms with van der Waals surface area (Å²) in [5.74, 6) is 0.220. The van der Waals surface area contributed by atoms with Gasteiger partial charge in [0, 0.05) is 23.6 Å². The molecule has 0 saturated carbocycles. The number of aliphatic hydroxyl groups excluding tert-OH is 1. The molecule has 2 N–H and O–H groups in total. The standard InChI is InChI=1S/C13H18FNO2S/c1-10(16)6-8-15-13(17)7-9-18-12-5-3-2-4-11(12)14/h2-5,10,16H,6-9H2,1H3,(H,15,17). The van der Waals surface area contributed by atoms with Gasteiger partial charge in [-0.1, -0.05) is 12.1 Å². The summed E-state index contributed by atoms with van der Waals surface area (Å²) in [6.45, 7) is 2.15. The van der Waals surface area contributed by atoms with E-state index < -0.39 is 6.10 Å². The van der Waals surface area contributed by atoms with Crippen LogP contribution >= 0.6 is 11.8 Å². The molecule has 18 heavy (non-hydrogen) atoms. The molecule has 1 unspecified atom stereocenters. The van der Waals surface area contributed by atoms with E-state index in [9.17, 15) is 9.18 Å². The van der Waals surface area contributed by atoms with E-state index >= 15 is 0 Å². The van der Waals surface area contributed by atoms with Crippen LogP contribution in [-0.4, -0.2) is 29.4 Å². The Balaban J connectivity index is 2.18. The molecule has 0 bridgehead atoms. The quantitative estimate of drug-likeness (QED) is 0.747. The maximum absolute atomic E-state index is 13.3. The first-order chi connectivity index (χ1) is 8.59. The van der Waals surface area contributed by atoms with E-state index in [2.05, 4.69) is 5.32 Å². The molecule has 1 rings (SSSR count). The van der Waals surface area contributed by atoms with Crippen LogP contribution in [0.4, 0.5) is 4.39 Å². The van der Waals surface area contributed by atoms with Crippen molar-refractivity contribution in [1.82, 2.24) is 5.32 Å². The average molecular weight is 271 g/mol. The largest absolute Gasteiger partial charge is 0.393 e. The first-order valence-corrected chi connectivity index (χ1v) is 6.90. The van der Waals surface area contributed by atoms with E-state index in [0.29, 0.717) is 30.0 Å². The molecule has 1 aromatic carbocycles. The summed E-state index contributed by atoms with van der Waals surface area (Å²) in [6.07, 6.45) is 0.489. The minimum Gasteiger partial charge on any atom is -0.393 e. The summed E-state index contributed by atoms with van der Waals surface area (Å²) < 4.78 is 13.3. The average Bonchev–Trinajstić information content (AvgIpc) is 2.31. The third kappa shape index (κ3) is 6.02. The van der Waals surface area contributed by atoms with Gasteiger partial charge in [-0.15, -0.1) is 11.8 Å². The summed E-state index contributed by atoms with van der Waals surface area (Å²) in [5.41, 5.74) is 0. The minimum atomic E-state index is -0.405. The number of aliphatic hydroxyl groups is 1. The van der Waals surface area contributed by atoms with Gasteiger partial charge < -0.3 is 10.4 Å². The third-order valence-electron chi connectivity index (χ3n) is 2.31. The summed E-state index contributed by atoms with van der Waals surface area (Å²) >= 11 is 1.33. The van der Waals surface area contributed by atoms with Crippen LogP contribution in [0.2, 0.25) is 0 Å². The lowest BCUT2D eigenvalue weighted by Gasteiger charge is -2.06. The molecule has 100 valence electrons. The number of halogens is 1. The van der Waals surface area contributed by atoms with Gasteiger partial charge in [-0.25, -0.2) is 4.39 Å². The highest BCUT2D eigenvalue weighted by Crippen LogP contribution is 2.21. The van der Waals surface area contributed by atoms with Gasteiger partial charge in [-0.2, -0.15) is 0 Å². The van der Waals surface area contributed by atoms with Crippen LogP contribution < -0.4 is 5.32 Å². The Labute approximate surface area is 111 Å². The molecular weight excluding hydrogens is 253 g/mol. The van der Waals surface area contributed by atoms with E-state index in [4.69, 9.17) is 5.11 Å². The van der Waals surface area contributed by atoms with Crippen LogP contribution in [0, 0.1) is 5.82 Å². The van der Waals surface area contributed by atoms with E-state index in [0.717, 1.165) is 0 Å². The van der Waals surface area contributed by atoms with E-state index in [1.807, 2.05) is 0 Å². The molecule has 0 spiro atoms. The van der Waals surface area contributed by atoms with E-state index in [-0.39, 0.29) is 11.7 Å². The molecule has 1 aromatic rings. The van der Waals surface area contributed by atoms with Crippen molar-refractivity contribution in [2.24, 2.45) is 0 Å². The summed E-state index contributed by atoms with van der Waals surface area (Å²) in [5, 5.41) is 11.7. The molecule has 3 nitrogen and oxygen atoms in total. The molecule has 1 amide bonds. The van der Waals surface area contributed by atoms with Gasteiger partial charge in [0.15, 0.2) is 0 Å². The SMILES string of the molecule is CC(O)CCNC(=O)CCSc1ccccc1F. The van der Waals surface area contributed by atoms with Gasteiger partial charge >= 0.3 is 0 Å². The highest BCUT2D eigenvalue weighted by molar-refractivity contribution is 7.99. The topological polar surface area (TPSA) is 49.3 Å². The lowest BCUT2D eigenvalue weighted by molar-refractivity contribution is -0.120. The van der Waals surface area contributed by atoms with Gasteiger partial charge in [0.1, 0.15) is 5.82 Å². The molecule has 0 saturated heterocycles. The Hall–Kier alpha value is -1.07. The molecule has 5 heteroatoms. The summed E-state index contributed by atoms with van der Waals surface area (Å²) in [6, 6.07) is 6.52. The molecular formula is C13H18FNO2S. The van der Waals surface area contributed by atoms with Crippen LogP contribution in [0.25, 0.3) is 0 Å². The van der Waals surface area contributed by atoms with Crippen LogP contribution in [-0.2, 0) is 4.79 Å². The van der Waals surface area contributed by atoms with Crippen molar-refractivity contribution >= 4 is 17.7 Å². The number of amides is 1. The van der Waals surface area contributed by atoms with Crippen molar-refractivity contribution in [3.8, 4) is 0 Å². The number of benzene rings is 1. The van der Waals surface area contributed by atoms with Crippen molar-refractivity contribution < 1.29 is 14.3 Å². The highest BCUT2D eigenvalue weighted by atomic mass is 32.2. The minimum absolute atomic E-state index is 0.0699. The highest BCUT2D eigenvalue weighted by Gasteiger charge is 2.05. The molecule has 0 radical (unpaired) electrons. The first kappa shape index (κ1) is 15.0. The van der Waals surface area contributed by atoms with Crippen molar-refractivity contribution in [3.05, 3.63) is 30.1 Å². The smallest absolute Gasteiger partial charge is 0.220 e. The predicted molar refractivity (Wildman–Crippen MR) is 71.0 cm³/mol. The first-order valence-electron chi connectivity index (χ1n) is 5.91. The van der Waals surface area contributed by atoms with Crippen molar-refractivity contribution in [2.75, 3.05) is 12.3 Å². The zero-order valence-corrected chi connectivity index (χ0v) is 11.2. The number of hydrogen-bond donors (Lipinski definition) is 2. The normalized spacial score (nSPS) is 12.2. The molecule has 0 aliphatic carbocycles. The number of thioether (sulfide) groups is 1. The molecule has 0 aliphatic heterocycles. The van der Waals surface area contributed by atoms with Crippen LogP contribution in [0.5, 0.6) is 0 Å². The van der Waals surface area contributed by atoms with Crippen LogP contribution in [0.1, 0.15) is 19.8 Å². The van der Waals surface area contributed by atoms with Crippen molar-refractivity contribution in [1.29, 1.82) is 0 Å². The Morgan fingerprint density at radius 2 is 2.22 bits per heavy atom. The monoisotopic (exact) mass is 271 g/mol. The predicted octanol–water partition coefficient (Wildman–Crippen LogP) is 2.20. The van der Waals surface area contributed by atoms with Crippen LogP contribution in [0.15, 0.2) is 29.2 Å². The lowest BCUT2D eigenvalue weighted by atomic mass is 10.3. The van der Waals surface area contributed by atoms with Gasteiger partial charge in [0.2, 0.25) is 5.91 Å². The Morgan fingerprint density at radius 1 is 1.50 bits per heavy atom. The second kappa shape index (κ2) is 8.11. The van der Waals surface area contributed by atoms with Gasteiger partial charge in [0.25, 0.3) is 0 Å². The van der Waals surface area contributed by atoms with Crippen LogP contribution in [0.3, 0.4) is 0 Å². The third-order valence-corrected chi connectivity index (χ3v) is 3.36. The number of carbonyl (C=O) groups excluding carboxylic acids is 1. The second-order valence-corrected chi connectivity index (χ2v) is 5.15. The molecule has 0 heterocycles. The maximum Gasteiger partial charge on any atom is 0.220 e. The molecule has 1 atom stereocenters. The number of nitrogens with one attached hydrogen (secondary N) is 1. The fourth-order valence-electron chi connectivity index (χ4n) is 1.32. The fraction of sp³-hybridized carbons (Fsp3) is 0.462. The zero-order chi connectivity index (χ0) is 13.4. The Morgan fingerprint density at radius 3 is 2.89 bits per heavy atom. The fourth-order valence-corrected chi connectivity index (χ4v) is 2.21. The second-order valence-electron chi connectivity index (χ2n) is 4.02. The maximum atomic E-state index is 13.3. The Bertz CT molecular complexity index is 385. The molecule has 0 aliphatic rings. The summed E-state index contributed by atoms with van der Waals surface area (Å²) in [7, 11) is 0. The lowest BCUT2D eigenvalue weighted by Crippen LogP contribution is -2.26. The summed E-state index contributed by atoms with van der Waals surface area (Å²) in [4.78, 5) is 12.0. The van der Waals surface area contributed by atoms with E-state index in [1.165, 1.54) is 17.8 Å². The number of carbonyl (C=O) groups is 1. The molecule has 0 fully saturated rings. The zero-order valence-electron chi connectivity index (χ0n) is 10.4. The van der Waals surface area contributed by atoms with Crippen molar-refractivity contribution in [3.63, 3.8) is 0 Å². The Kier molecular flexibility index (Phi) is 6.75. The molecule has 0 aromatic heterocycles. The van der Waals surface area contributed by atoms with Gasteiger partial charge in [-0.3, -0.25) is 4.79 Å². The van der Waals surface area contributed by atoms with Gasteiger partial charge in [-0.05, 0) is 25.5 Å².